The fourth-order valence-corrected chi connectivity index (χ4v) is 12.8. The quantitative estimate of drug-likeness (QED) is 0.133. The van der Waals surface area contributed by atoms with Gasteiger partial charge in [0.25, 0.3) is 0 Å². The summed E-state index contributed by atoms with van der Waals surface area (Å²) in [5, 5.41) is 7.74. The smallest absolute Gasteiger partial charge is 0.248 e. The van der Waals surface area contributed by atoms with Gasteiger partial charge in [-0.05, 0) is 161 Å². The monoisotopic (exact) mass is 716 g/mol. The molecule has 5 heterocycles. The van der Waals surface area contributed by atoms with Crippen LogP contribution in [0.25, 0.3) is 73.7 Å². The predicted molar refractivity (Wildman–Crippen MR) is 228 cm³/mol. The minimum absolute atomic E-state index is 0.106. The van der Waals surface area contributed by atoms with Gasteiger partial charge in [0, 0.05) is 29.9 Å². The summed E-state index contributed by atoms with van der Waals surface area (Å²) in [6.45, 7) is 13.1. The molecule has 0 fully saturated rings. The number of hydrogen-bond donors (Lipinski definition) is 0. The summed E-state index contributed by atoms with van der Waals surface area (Å²) < 4.78 is 16.9. The summed E-state index contributed by atoms with van der Waals surface area (Å²) in [5.74, 6) is 3.64. The van der Waals surface area contributed by atoms with Crippen molar-refractivity contribution in [2.45, 2.75) is 41.5 Å². The Bertz CT molecular complexity index is 2940. The van der Waals surface area contributed by atoms with E-state index >= 15 is 0 Å². The lowest BCUT2D eigenvalue weighted by atomic mass is 9.32. The third-order valence-corrected chi connectivity index (χ3v) is 14.4. The maximum atomic E-state index is 7.07. The molecule has 0 N–H and O–H groups in total. The van der Waals surface area contributed by atoms with Gasteiger partial charge in [-0.2, -0.15) is 0 Å². The fraction of sp³-hybridized carbons (Fsp3) is 0.125. The van der Waals surface area contributed by atoms with E-state index in [9.17, 15) is 0 Å². The number of fused-ring (bicyclic) bond motifs is 3. The van der Waals surface area contributed by atoms with Crippen molar-refractivity contribution in [1.82, 2.24) is 0 Å². The van der Waals surface area contributed by atoms with Gasteiger partial charge in [-0.1, -0.05) is 65.1 Å². The van der Waals surface area contributed by atoms with Crippen LogP contribution in [0.15, 0.2) is 91.0 Å². The largest absolute Gasteiger partial charge is 0.456 e. The Morgan fingerprint density at radius 1 is 0.434 bits per heavy atom. The highest BCUT2D eigenvalue weighted by Crippen LogP contribution is 2.53. The van der Waals surface area contributed by atoms with Crippen molar-refractivity contribution in [3.63, 3.8) is 0 Å². The SMILES string of the molecule is Cc1cc(C)c(Oc2ccc3c4c5c6c(ccc(Oc7c(C)cc(C)cc7C)c6cc24)-c2sc4cccc6c4c2B5c2c-3sc3cccc-6c23)c(C)c1. The molecule has 0 saturated carbocycles. The maximum Gasteiger partial charge on any atom is 0.248 e. The average Bonchev–Trinajstić information content (AvgIpc) is 3.68. The lowest BCUT2D eigenvalue weighted by molar-refractivity contribution is 0.479. The third-order valence-electron chi connectivity index (χ3n) is 12.0. The van der Waals surface area contributed by atoms with Crippen molar-refractivity contribution in [2.24, 2.45) is 0 Å². The molecule has 5 heteroatoms. The van der Waals surface area contributed by atoms with Crippen LogP contribution >= 0.6 is 22.7 Å². The van der Waals surface area contributed by atoms with Gasteiger partial charge in [0.1, 0.15) is 23.0 Å². The number of hydrogen-bond acceptors (Lipinski definition) is 4. The Hall–Kier alpha value is -5.36. The Kier molecular flexibility index (Phi) is 5.80. The molecule has 9 aromatic rings. The molecular formula is C48H33BO2S2. The predicted octanol–water partition coefficient (Wildman–Crippen LogP) is 12.3. The minimum Gasteiger partial charge on any atom is -0.456 e. The number of thiophene rings is 2. The van der Waals surface area contributed by atoms with Crippen molar-refractivity contribution in [3.8, 4) is 55.0 Å². The van der Waals surface area contributed by atoms with E-state index in [2.05, 4.69) is 133 Å². The van der Waals surface area contributed by atoms with Gasteiger partial charge in [0.15, 0.2) is 0 Å². The van der Waals surface area contributed by atoms with Gasteiger partial charge in [-0.3, -0.25) is 0 Å². The zero-order chi connectivity index (χ0) is 35.6. The molecule has 0 amide bonds. The zero-order valence-electron chi connectivity index (χ0n) is 30.4. The van der Waals surface area contributed by atoms with Gasteiger partial charge in [-0.25, -0.2) is 0 Å². The normalized spacial score (nSPS) is 13.1. The van der Waals surface area contributed by atoms with Crippen molar-refractivity contribution < 1.29 is 9.47 Å². The third kappa shape index (κ3) is 3.79. The molecule has 0 bridgehead atoms. The second kappa shape index (κ2) is 10.2. The second-order valence-electron chi connectivity index (χ2n) is 15.5. The molecule has 2 aromatic heterocycles. The lowest BCUT2D eigenvalue weighted by Gasteiger charge is -2.32. The molecule has 252 valence electrons. The molecule has 0 aliphatic carbocycles. The van der Waals surface area contributed by atoms with Crippen LogP contribution in [0.5, 0.6) is 23.0 Å². The van der Waals surface area contributed by atoms with Gasteiger partial charge >= 0.3 is 0 Å². The van der Waals surface area contributed by atoms with E-state index in [4.69, 9.17) is 9.47 Å². The molecule has 0 unspecified atom stereocenters. The molecule has 3 aliphatic rings. The van der Waals surface area contributed by atoms with Crippen molar-refractivity contribution in [1.29, 1.82) is 0 Å². The van der Waals surface area contributed by atoms with Crippen LogP contribution in [-0.2, 0) is 0 Å². The van der Waals surface area contributed by atoms with Crippen molar-refractivity contribution in [2.75, 3.05) is 0 Å². The van der Waals surface area contributed by atoms with Gasteiger partial charge in [0.2, 0.25) is 6.71 Å². The first-order valence-corrected chi connectivity index (χ1v) is 20.1. The van der Waals surface area contributed by atoms with Crippen LogP contribution in [0.1, 0.15) is 33.4 Å². The molecule has 53 heavy (non-hydrogen) atoms. The molecule has 0 atom stereocenters. The lowest BCUT2D eigenvalue weighted by Crippen LogP contribution is -2.56. The second-order valence-corrected chi connectivity index (χ2v) is 17.6. The fourth-order valence-electron chi connectivity index (χ4n) is 10.2. The van der Waals surface area contributed by atoms with Gasteiger partial charge in [-0.15, -0.1) is 22.7 Å². The van der Waals surface area contributed by atoms with E-state index in [1.165, 1.54) is 90.5 Å². The van der Waals surface area contributed by atoms with E-state index in [-0.39, 0.29) is 6.71 Å². The number of benzene rings is 7. The molecule has 12 rings (SSSR count). The molecule has 0 saturated heterocycles. The first-order valence-electron chi connectivity index (χ1n) is 18.4. The summed E-state index contributed by atoms with van der Waals surface area (Å²) in [6, 6.07) is 34.2. The van der Waals surface area contributed by atoms with Crippen LogP contribution in [0, 0.1) is 41.5 Å². The Morgan fingerprint density at radius 2 is 0.868 bits per heavy atom. The Balaban J connectivity index is 1.26. The summed E-state index contributed by atoms with van der Waals surface area (Å²) in [5.41, 5.74) is 16.8. The van der Waals surface area contributed by atoms with Gasteiger partial charge < -0.3 is 9.47 Å². The van der Waals surface area contributed by atoms with Crippen LogP contribution < -0.4 is 25.9 Å². The number of ether oxygens (including phenoxy) is 2. The van der Waals surface area contributed by atoms with Crippen LogP contribution in [0.3, 0.4) is 0 Å². The van der Waals surface area contributed by atoms with Crippen molar-refractivity contribution >= 4 is 87.5 Å². The maximum absolute atomic E-state index is 7.07. The van der Waals surface area contributed by atoms with Crippen LogP contribution in [0.2, 0.25) is 0 Å². The number of rotatable bonds is 4. The van der Waals surface area contributed by atoms with E-state index in [0.717, 1.165) is 56.0 Å². The highest BCUT2D eigenvalue weighted by atomic mass is 32.1. The van der Waals surface area contributed by atoms with E-state index in [1.54, 1.807) is 0 Å². The van der Waals surface area contributed by atoms with Crippen LogP contribution in [0.4, 0.5) is 0 Å². The highest BCUT2D eigenvalue weighted by Gasteiger charge is 2.45. The first kappa shape index (κ1) is 30.1. The first-order chi connectivity index (χ1) is 25.7. The van der Waals surface area contributed by atoms with Crippen LogP contribution in [-0.4, -0.2) is 6.71 Å². The molecule has 0 spiro atoms. The standard InChI is InChI=1S/C48H33BO2S2/c1-22-17-24(3)45(25(4)18-22)50-34-15-13-30-38-32(34)21-33-35(51-46-26(5)19-23(2)20-27(46)6)16-14-31-39(33)42(38)49-43-40-28(9-7-11-36(40)52-47(30)43)29-10-8-12-37-41(29)44(49)48(31)53-37/h7-21H,1-6H3. The molecule has 7 aromatic carbocycles. The molecule has 0 radical (unpaired) electrons. The summed E-state index contributed by atoms with van der Waals surface area (Å²) in [7, 11) is 0. The number of aryl methyl sites for hydroxylation is 6. The minimum atomic E-state index is 0.106. The molecule has 3 aliphatic heterocycles. The Labute approximate surface area is 316 Å². The van der Waals surface area contributed by atoms with E-state index in [0.29, 0.717) is 0 Å². The molecule has 2 nitrogen and oxygen atoms in total. The average molecular weight is 717 g/mol. The molecular weight excluding hydrogens is 683 g/mol. The van der Waals surface area contributed by atoms with E-state index in [1.807, 2.05) is 22.7 Å². The topological polar surface area (TPSA) is 18.5 Å². The summed E-state index contributed by atoms with van der Waals surface area (Å²) in [6.07, 6.45) is 0. The zero-order valence-corrected chi connectivity index (χ0v) is 32.0. The van der Waals surface area contributed by atoms with E-state index < -0.39 is 0 Å². The van der Waals surface area contributed by atoms with Crippen molar-refractivity contribution in [3.05, 3.63) is 124 Å². The highest BCUT2D eigenvalue weighted by molar-refractivity contribution is 7.29. The Morgan fingerprint density at radius 3 is 1.30 bits per heavy atom. The van der Waals surface area contributed by atoms with Gasteiger partial charge in [0.05, 0.1) is 0 Å². The summed E-state index contributed by atoms with van der Waals surface area (Å²) in [4.78, 5) is 2.78. The summed E-state index contributed by atoms with van der Waals surface area (Å²) >= 11 is 3.91.